The number of para-hydroxylation sites is 1. The Bertz CT molecular complexity index is 1270. The lowest BCUT2D eigenvalue weighted by Crippen LogP contribution is -2.56. The molecule has 2 unspecified atom stereocenters. The predicted octanol–water partition coefficient (Wildman–Crippen LogP) is 3.89. The Morgan fingerprint density at radius 3 is 2.35 bits per heavy atom. The van der Waals surface area contributed by atoms with Crippen LogP contribution in [0.2, 0.25) is 0 Å². The molecule has 2 bridgehead atoms. The van der Waals surface area contributed by atoms with E-state index in [0.717, 1.165) is 17.7 Å². The maximum Gasteiger partial charge on any atom is 0.247 e. The first-order valence-corrected chi connectivity index (χ1v) is 14.8. The molecule has 7 nitrogen and oxygen atoms in total. The maximum absolute atomic E-state index is 14.5. The van der Waals surface area contributed by atoms with Gasteiger partial charge in [0.25, 0.3) is 0 Å². The molecule has 5 rings (SSSR count). The quantitative estimate of drug-likeness (QED) is 0.423. The number of thioether (sulfide) groups is 1. The number of rotatable bonds is 11. The minimum Gasteiger partial charge on any atom is -0.394 e. The lowest BCUT2D eigenvalue weighted by atomic mass is 9.70. The second-order valence-corrected chi connectivity index (χ2v) is 12.5. The van der Waals surface area contributed by atoms with Gasteiger partial charge in [-0.3, -0.25) is 14.4 Å². The Morgan fingerprint density at radius 2 is 1.73 bits per heavy atom. The maximum atomic E-state index is 14.5. The summed E-state index contributed by atoms with van der Waals surface area (Å²) in [6.07, 6.45) is 4.83. The number of hydrogen-bond donors (Lipinski definition) is 1. The van der Waals surface area contributed by atoms with Gasteiger partial charge in [-0.05, 0) is 37.5 Å². The Labute approximate surface area is 240 Å². The SMILES string of the molecule is C=CCN(Cc1ccccc1)C(=O)C1N([C@H](C)CO)C(=O)[C@@H]2[C@@H](C(=O)N(CC=C)c3ccccc3)[C@H]3CCC12S3. The van der Waals surface area contributed by atoms with Crippen LogP contribution >= 0.6 is 11.8 Å². The van der Waals surface area contributed by atoms with Crippen LogP contribution < -0.4 is 4.90 Å². The Kier molecular flexibility index (Phi) is 8.19. The first kappa shape index (κ1) is 28.2. The van der Waals surface area contributed by atoms with Crippen LogP contribution in [-0.4, -0.2) is 74.4 Å². The van der Waals surface area contributed by atoms with E-state index in [1.54, 1.807) is 45.5 Å². The van der Waals surface area contributed by atoms with Gasteiger partial charge in [0.2, 0.25) is 17.7 Å². The van der Waals surface area contributed by atoms with E-state index in [-0.39, 0.29) is 29.6 Å². The van der Waals surface area contributed by atoms with Crippen LogP contribution in [0.4, 0.5) is 5.69 Å². The first-order valence-electron chi connectivity index (χ1n) is 13.9. The number of anilines is 1. The molecular formula is C32H37N3O4S. The van der Waals surface area contributed by atoms with Crippen molar-refractivity contribution in [3.8, 4) is 0 Å². The van der Waals surface area contributed by atoms with E-state index in [2.05, 4.69) is 13.2 Å². The summed E-state index contributed by atoms with van der Waals surface area (Å²) in [6, 6.07) is 17.9. The van der Waals surface area contributed by atoms with Crippen LogP contribution in [0.25, 0.3) is 0 Å². The topological polar surface area (TPSA) is 81.2 Å². The summed E-state index contributed by atoms with van der Waals surface area (Å²) in [6.45, 7) is 10.3. The zero-order valence-corrected chi connectivity index (χ0v) is 23.7. The number of aliphatic hydroxyl groups excluding tert-OH is 1. The molecule has 2 aromatic carbocycles. The average Bonchev–Trinajstić information content (AvgIpc) is 3.63. The number of likely N-dealkylation sites (tertiary alicyclic amines) is 1. The normalized spacial score (nSPS) is 27.2. The fraction of sp³-hybridized carbons (Fsp3) is 0.406. The van der Waals surface area contributed by atoms with Crippen molar-refractivity contribution in [2.45, 2.75) is 48.4 Å². The van der Waals surface area contributed by atoms with Crippen LogP contribution in [0.15, 0.2) is 86.0 Å². The molecule has 0 aliphatic carbocycles. The Morgan fingerprint density at radius 1 is 1.07 bits per heavy atom. The van der Waals surface area contributed by atoms with E-state index in [0.29, 0.717) is 26.1 Å². The zero-order valence-electron chi connectivity index (χ0n) is 22.9. The van der Waals surface area contributed by atoms with Crippen LogP contribution in [0.1, 0.15) is 25.3 Å². The monoisotopic (exact) mass is 559 g/mol. The summed E-state index contributed by atoms with van der Waals surface area (Å²) >= 11 is 1.64. The molecule has 210 valence electrons. The van der Waals surface area contributed by atoms with E-state index in [1.807, 2.05) is 60.7 Å². The van der Waals surface area contributed by atoms with Crippen molar-refractivity contribution in [2.75, 3.05) is 24.6 Å². The average molecular weight is 560 g/mol. The lowest BCUT2D eigenvalue weighted by Gasteiger charge is -2.39. The van der Waals surface area contributed by atoms with Gasteiger partial charge >= 0.3 is 0 Å². The molecule has 0 radical (unpaired) electrons. The molecule has 2 aromatic rings. The standard InChI is InChI=1S/C32H37N3O4S/c1-4-18-33(20-23-12-8-6-9-13-23)31(39)28-32-17-16-25(40-32)26(27(32)30(38)35(28)22(3)21-36)29(37)34(19-5-2)24-14-10-7-11-15-24/h4-15,22,25-28,36H,1-2,16-21H2,3H3/t22-,25-,26+,27+,28?,32?/m1/s1. The molecule has 1 N–H and O–H groups in total. The van der Waals surface area contributed by atoms with Crippen LogP contribution in [0, 0.1) is 11.8 Å². The van der Waals surface area contributed by atoms with Gasteiger partial charge in [-0.1, -0.05) is 60.7 Å². The van der Waals surface area contributed by atoms with E-state index in [4.69, 9.17) is 0 Å². The highest BCUT2D eigenvalue weighted by atomic mass is 32.2. The van der Waals surface area contributed by atoms with Gasteiger partial charge < -0.3 is 19.8 Å². The largest absolute Gasteiger partial charge is 0.394 e. The molecule has 3 amide bonds. The van der Waals surface area contributed by atoms with Gasteiger partial charge in [-0.15, -0.1) is 24.9 Å². The van der Waals surface area contributed by atoms with Crippen molar-refractivity contribution in [2.24, 2.45) is 11.8 Å². The molecule has 40 heavy (non-hydrogen) atoms. The van der Waals surface area contributed by atoms with Crippen molar-refractivity contribution < 1.29 is 19.5 Å². The van der Waals surface area contributed by atoms with Gasteiger partial charge in [0.05, 0.1) is 29.2 Å². The van der Waals surface area contributed by atoms with Crippen LogP contribution in [0.3, 0.4) is 0 Å². The smallest absolute Gasteiger partial charge is 0.247 e. The summed E-state index contributed by atoms with van der Waals surface area (Å²) in [7, 11) is 0. The lowest BCUT2D eigenvalue weighted by molar-refractivity contribution is -0.145. The summed E-state index contributed by atoms with van der Waals surface area (Å²) < 4.78 is -0.727. The van der Waals surface area contributed by atoms with Crippen molar-refractivity contribution in [3.05, 3.63) is 91.5 Å². The van der Waals surface area contributed by atoms with Gasteiger partial charge in [-0.2, -0.15) is 0 Å². The molecule has 0 saturated carbocycles. The molecule has 3 saturated heterocycles. The molecule has 1 spiro atoms. The number of amides is 3. The Balaban J connectivity index is 1.53. The molecule has 0 aromatic heterocycles. The summed E-state index contributed by atoms with van der Waals surface area (Å²) in [5.41, 5.74) is 1.74. The van der Waals surface area contributed by atoms with Gasteiger partial charge in [0, 0.05) is 30.6 Å². The minimum atomic E-state index is -0.770. The van der Waals surface area contributed by atoms with E-state index in [9.17, 15) is 19.5 Å². The van der Waals surface area contributed by atoms with Crippen molar-refractivity contribution >= 4 is 35.2 Å². The van der Waals surface area contributed by atoms with E-state index in [1.165, 1.54) is 0 Å². The van der Waals surface area contributed by atoms with Crippen molar-refractivity contribution in [1.29, 1.82) is 0 Å². The summed E-state index contributed by atoms with van der Waals surface area (Å²) in [5.74, 6) is -1.67. The second-order valence-electron chi connectivity index (χ2n) is 10.9. The van der Waals surface area contributed by atoms with Crippen molar-refractivity contribution in [1.82, 2.24) is 9.80 Å². The molecule has 3 aliphatic heterocycles. The number of carbonyl (C=O) groups excluding carboxylic acids is 3. The molecule has 8 heteroatoms. The van der Waals surface area contributed by atoms with Gasteiger partial charge in [-0.25, -0.2) is 0 Å². The van der Waals surface area contributed by atoms with Gasteiger partial charge in [0.15, 0.2) is 0 Å². The number of benzene rings is 2. The van der Waals surface area contributed by atoms with Gasteiger partial charge in [0.1, 0.15) is 6.04 Å². The highest BCUT2D eigenvalue weighted by Crippen LogP contribution is 2.67. The summed E-state index contributed by atoms with van der Waals surface area (Å²) in [5, 5.41) is 10.1. The number of hydrogen-bond acceptors (Lipinski definition) is 5. The summed E-state index contributed by atoms with van der Waals surface area (Å²) in [4.78, 5) is 48.0. The third-order valence-electron chi connectivity index (χ3n) is 8.52. The van der Waals surface area contributed by atoms with Crippen LogP contribution in [-0.2, 0) is 20.9 Å². The number of carbonyl (C=O) groups is 3. The first-order chi connectivity index (χ1) is 19.4. The number of nitrogens with zero attached hydrogens (tertiary/aromatic N) is 3. The molecular weight excluding hydrogens is 522 g/mol. The molecule has 3 heterocycles. The predicted molar refractivity (Wildman–Crippen MR) is 159 cm³/mol. The minimum absolute atomic E-state index is 0.0543. The second kappa shape index (κ2) is 11.6. The molecule has 6 atom stereocenters. The fourth-order valence-corrected chi connectivity index (χ4v) is 9.01. The number of fused-ring (bicyclic) bond motifs is 1. The molecule has 3 fully saturated rings. The van der Waals surface area contributed by atoms with Crippen molar-refractivity contribution in [3.63, 3.8) is 0 Å². The fourth-order valence-electron chi connectivity index (χ4n) is 6.82. The Hall–Kier alpha value is -3.36. The zero-order chi connectivity index (χ0) is 28.4. The van der Waals surface area contributed by atoms with E-state index < -0.39 is 28.7 Å². The van der Waals surface area contributed by atoms with Crippen LogP contribution in [0.5, 0.6) is 0 Å². The third-order valence-corrected chi connectivity index (χ3v) is 10.5. The van der Waals surface area contributed by atoms with E-state index >= 15 is 0 Å². The highest BCUT2D eigenvalue weighted by Gasteiger charge is 2.74. The number of aliphatic hydroxyl groups is 1. The third kappa shape index (κ3) is 4.67. The molecule has 3 aliphatic rings. The highest BCUT2D eigenvalue weighted by molar-refractivity contribution is 8.02.